The fourth-order valence-electron chi connectivity index (χ4n) is 4.37. The predicted octanol–water partition coefficient (Wildman–Crippen LogP) is 5.97. The Morgan fingerprint density at radius 3 is 2.41 bits per heavy atom. The first kappa shape index (κ1) is 22.3. The number of amides is 1. The Morgan fingerprint density at radius 2 is 1.72 bits per heavy atom. The molecule has 1 amide bonds. The van der Waals surface area contributed by atoms with E-state index in [0.717, 1.165) is 18.7 Å². The second-order valence-corrected chi connectivity index (χ2v) is 8.43. The molecule has 2 unspecified atom stereocenters. The highest BCUT2D eigenvalue weighted by Crippen LogP contribution is 2.33. The molecule has 3 aromatic rings. The fraction of sp³-hybridized carbons (Fsp3) is 0.269. The van der Waals surface area contributed by atoms with Crippen molar-refractivity contribution < 1.29 is 13.9 Å². The molecule has 0 aliphatic carbocycles. The van der Waals surface area contributed by atoms with Gasteiger partial charge in [0.1, 0.15) is 0 Å². The van der Waals surface area contributed by atoms with Crippen molar-refractivity contribution >= 4 is 17.7 Å². The Balaban J connectivity index is 1.58. The topological polar surface area (TPSA) is 32.8 Å². The third-order valence-electron chi connectivity index (χ3n) is 5.92. The molecule has 3 aromatic carbocycles. The van der Waals surface area contributed by atoms with E-state index in [1.165, 1.54) is 17.7 Å². The number of nitrogens with zero attached hydrogens (tertiary/aromatic N) is 2. The minimum absolute atomic E-state index is 0.0573. The van der Waals surface area contributed by atoms with E-state index >= 15 is 0 Å². The van der Waals surface area contributed by atoms with Gasteiger partial charge >= 0.3 is 6.09 Å². The van der Waals surface area contributed by atoms with Crippen molar-refractivity contribution in [2.45, 2.75) is 25.4 Å². The van der Waals surface area contributed by atoms with Gasteiger partial charge in [-0.3, -0.25) is 4.90 Å². The second kappa shape index (κ2) is 10.2. The summed E-state index contributed by atoms with van der Waals surface area (Å²) in [7, 11) is 0. The fourth-order valence-corrected chi connectivity index (χ4v) is 4.50. The highest BCUT2D eigenvalue weighted by atomic mass is 35.5. The molecule has 0 saturated carbocycles. The van der Waals surface area contributed by atoms with E-state index in [2.05, 4.69) is 17.0 Å². The van der Waals surface area contributed by atoms with Crippen LogP contribution in [-0.2, 0) is 6.54 Å². The molecule has 4 rings (SSSR count). The summed E-state index contributed by atoms with van der Waals surface area (Å²) in [5.74, 6) is -0.523. The van der Waals surface area contributed by atoms with Gasteiger partial charge in [-0.05, 0) is 42.3 Å². The number of hydrogen-bond donors (Lipinski definition) is 0. The predicted molar refractivity (Wildman–Crippen MR) is 125 cm³/mol. The number of halogens is 2. The molecule has 2 atom stereocenters. The third kappa shape index (κ3) is 5.12. The molecule has 4 nitrogen and oxygen atoms in total. The van der Waals surface area contributed by atoms with Crippen LogP contribution >= 0.6 is 11.6 Å². The molecule has 1 aliphatic heterocycles. The lowest BCUT2D eigenvalue weighted by Crippen LogP contribution is -2.45. The zero-order chi connectivity index (χ0) is 22.5. The van der Waals surface area contributed by atoms with E-state index in [1.807, 2.05) is 49.4 Å². The number of hydrogen-bond acceptors (Lipinski definition) is 3. The molecule has 1 saturated heterocycles. The van der Waals surface area contributed by atoms with Crippen LogP contribution in [0.15, 0.2) is 78.9 Å². The van der Waals surface area contributed by atoms with Gasteiger partial charge < -0.3 is 9.64 Å². The highest BCUT2D eigenvalue weighted by molar-refractivity contribution is 6.30. The van der Waals surface area contributed by atoms with Crippen molar-refractivity contribution in [2.75, 3.05) is 19.6 Å². The van der Waals surface area contributed by atoms with Crippen molar-refractivity contribution in [3.8, 4) is 5.75 Å². The summed E-state index contributed by atoms with van der Waals surface area (Å²) >= 11 is 6.11. The van der Waals surface area contributed by atoms with Crippen LogP contribution in [0.1, 0.15) is 24.0 Å². The Hall–Kier alpha value is -2.89. The summed E-state index contributed by atoms with van der Waals surface area (Å²) in [6, 6.07) is 23.9. The first-order chi connectivity index (χ1) is 15.5. The van der Waals surface area contributed by atoms with Crippen molar-refractivity contribution in [3.05, 3.63) is 101 Å². The van der Waals surface area contributed by atoms with E-state index in [9.17, 15) is 9.18 Å². The maximum absolute atomic E-state index is 14.1. The number of carbonyl (C=O) groups is 1. The lowest BCUT2D eigenvalue weighted by molar-refractivity contribution is 0.129. The zero-order valence-electron chi connectivity index (χ0n) is 18.0. The maximum atomic E-state index is 14.1. The summed E-state index contributed by atoms with van der Waals surface area (Å²) in [6.45, 7) is 4.66. The number of para-hydroxylation sites is 1. The maximum Gasteiger partial charge on any atom is 0.415 e. The molecule has 0 bridgehead atoms. The van der Waals surface area contributed by atoms with Crippen LogP contribution in [0.4, 0.5) is 9.18 Å². The summed E-state index contributed by atoms with van der Waals surface area (Å²) in [6.07, 6.45) is -0.539. The lowest BCUT2D eigenvalue weighted by Gasteiger charge is -2.31. The van der Waals surface area contributed by atoms with Crippen LogP contribution in [0.5, 0.6) is 5.75 Å². The van der Waals surface area contributed by atoms with E-state index in [1.54, 1.807) is 17.0 Å². The molecule has 1 heterocycles. The normalized spacial score (nSPS) is 18.5. The van der Waals surface area contributed by atoms with Gasteiger partial charge in [0, 0.05) is 37.1 Å². The van der Waals surface area contributed by atoms with Crippen LogP contribution in [-0.4, -0.2) is 41.6 Å². The quantitative estimate of drug-likeness (QED) is 0.462. The van der Waals surface area contributed by atoms with Gasteiger partial charge in [-0.2, -0.15) is 0 Å². The molecule has 0 radical (unpaired) electrons. The molecule has 1 aliphatic rings. The van der Waals surface area contributed by atoms with Crippen LogP contribution in [0.3, 0.4) is 0 Å². The number of ether oxygens (including phenoxy) is 1. The van der Waals surface area contributed by atoms with Crippen LogP contribution in [0, 0.1) is 5.82 Å². The van der Waals surface area contributed by atoms with E-state index in [0.29, 0.717) is 18.1 Å². The summed E-state index contributed by atoms with van der Waals surface area (Å²) in [5.41, 5.74) is 2.34. The van der Waals surface area contributed by atoms with Crippen LogP contribution < -0.4 is 4.74 Å². The van der Waals surface area contributed by atoms with E-state index < -0.39 is 11.9 Å². The Bertz CT molecular complexity index is 1050. The van der Waals surface area contributed by atoms with Gasteiger partial charge in [-0.15, -0.1) is 0 Å². The summed E-state index contributed by atoms with van der Waals surface area (Å²) < 4.78 is 19.5. The second-order valence-electron chi connectivity index (χ2n) is 7.99. The average Bonchev–Trinajstić information content (AvgIpc) is 3.20. The van der Waals surface area contributed by atoms with Gasteiger partial charge in [0.05, 0.1) is 6.04 Å². The largest absolute Gasteiger partial charge is 0.415 e. The van der Waals surface area contributed by atoms with Crippen molar-refractivity contribution in [3.63, 3.8) is 0 Å². The molecule has 0 aromatic heterocycles. The zero-order valence-corrected chi connectivity index (χ0v) is 18.7. The highest BCUT2D eigenvalue weighted by Gasteiger charge is 2.39. The number of benzene rings is 3. The summed E-state index contributed by atoms with van der Waals surface area (Å²) in [4.78, 5) is 17.1. The van der Waals surface area contributed by atoms with Gasteiger partial charge in [0.15, 0.2) is 11.6 Å². The molecular formula is C26H26ClFN2O2. The standard InChI is InChI=1S/C26H26ClFN2O2/c1-2-30(26(31)32-25-11-7-6-10-23(25)28)24-18-29(16-19-8-4-3-5-9-19)17-22(24)20-12-14-21(27)15-13-20/h3-15,22,24H,2,16-18H2,1H3. The summed E-state index contributed by atoms with van der Waals surface area (Å²) in [5, 5.41) is 0.677. The van der Waals surface area contributed by atoms with Crippen molar-refractivity contribution in [1.82, 2.24) is 9.80 Å². The minimum atomic E-state index is -0.553. The Labute approximate surface area is 193 Å². The number of carbonyl (C=O) groups excluding carboxylic acids is 1. The van der Waals surface area contributed by atoms with Gasteiger partial charge in [-0.1, -0.05) is 66.2 Å². The Kier molecular flexibility index (Phi) is 7.08. The molecular weight excluding hydrogens is 427 g/mol. The molecule has 32 heavy (non-hydrogen) atoms. The van der Waals surface area contributed by atoms with Gasteiger partial charge in [0.25, 0.3) is 0 Å². The van der Waals surface area contributed by atoms with Crippen molar-refractivity contribution in [2.24, 2.45) is 0 Å². The van der Waals surface area contributed by atoms with Crippen LogP contribution in [0.25, 0.3) is 0 Å². The number of rotatable bonds is 6. The SMILES string of the molecule is CCN(C(=O)Oc1ccccc1F)C1CN(Cc2ccccc2)CC1c1ccc(Cl)cc1. The van der Waals surface area contributed by atoms with E-state index in [4.69, 9.17) is 16.3 Å². The smallest absolute Gasteiger partial charge is 0.407 e. The molecule has 1 fully saturated rings. The Morgan fingerprint density at radius 1 is 1.03 bits per heavy atom. The number of likely N-dealkylation sites (tertiary alicyclic amines) is 1. The molecule has 0 spiro atoms. The average molecular weight is 453 g/mol. The van der Waals surface area contributed by atoms with Crippen molar-refractivity contribution in [1.29, 1.82) is 0 Å². The monoisotopic (exact) mass is 452 g/mol. The lowest BCUT2D eigenvalue weighted by atomic mass is 9.93. The first-order valence-electron chi connectivity index (χ1n) is 10.8. The first-order valence-corrected chi connectivity index (χ1v) is 11.2. The van der Waals surface area contributed by atoms with Crippen LogP contribution in [0.2, 0.25) is 5.02 Å². The minimum Gasteiger partial charge on any atom is -0.407 e. The van der Waals surface area contributed by atoms with Gasteiger partial charge in [-0.25, -0.2) is 9.18 Å². The molecule has 0 N–H and O–H groups in total. The molecule has 166 valence electrons. The number of likely N-dealkylation sites (N-methyl/N-ethyl adjacent to an activating group) is 1. The third-order valence-corrected chi connectivity index (χ3v) is 6.17. The van der Waals surface area contributed by atoms with Gasteiger partial charge in [0.2, 0.25) is 0 Å². The van der Waals surface area contributed by atoms with E-state index in [-0.39, 0.29) is 17.7 Å². The molecule has 6 heteroatoms.